The first kappa shape index (κ1) is 23.5. The van der Waals surface area contributed by atoms with Gasteiger partial charge in [-0.1, -0.05) is 6.92 Å². The molecule has 184 valence electrons. The maximum absolute atomic E-state index is 15.0. The summed E-state index contributed by atoms with van der Waals surface area (Å²) in [6, 6.07) is 8.49. The third-order valence-electron chi connectivity index (χ3n) is 7.92. The zero-order chi connectivity index (χ0) is 24.7. The topological polar surface area (TPSA) is 81.5 Å². The van der Waals surface area contributed by atoms with Gasteiger partial charge in [-0.2, -0.15) is 5.26 Å². The molecule has 2 aliphatic heterocycles. The van der Waals surface area contributed by atoms with Crippen LogP contribution in [0.15, 0.2) is 30.5 Å². The predicted octanol–water partition coefficient (Wildman–Crippen LogP) is 3.33. The molecule has 1 N–H and O–H groups in total. The highest BCUT2D eigenvalue weighted by Gasteiger charge is 2.47. The van der Waals surface area contributed by atoms with Gasteiger partial charge in [-0.3, -0.25) is 10.1 Å². The average molecular weight is 482 g/mol. The minimum atomic E-state index is -0.904. The Morgan fingerprint density at radius 1 is 1.29 bits per heavy atom. The van der Waals surface area contributed by atoms with Crippen LogP contribution in [0.3, 0.4) is 0 Å². The molecule has 2 unspecified atom stereocenters. The molecule has 3 fully saturated rings. The number of hydrogen-bond acceptors (Lipinski definition) is 6. The van der Waals surface area contributed by atoms with E-state index < -0.39 is 17.2 Å². The minimum Gasteiger partial charge on any atom is -0.494 e. The number of rotatable bonds is 6. The standard InChI is InChI=1S/C26H29F2N5O2/c1-16-10-18-14-32(15-20(16)33(18)22-7-4-17(11-29)12-30-22)23(34)13-31-26(8-3-9-26)24-19(27)5-6-21(35-2)25(24)28/h4-7,12,16,18,20,31H,3,8-10,13-15H2,1-2H3/t16-,18?,20?/m0/s1. The van der Waals surface area contributed by atoms with Crippen molar-refractivity contribution in [2.45, 2.75) is 50.2 Å². The molecule has 3 heterocycles. The number of likely N-dealkylation sites (tertiary alicyclic amines) is 1. The molecule has 3 aliphatic rings. The highest BCUT2D eigenvalue weighted by atomic mass is 19.1. The molecule has 2 aromatic rings. The van der Waals surface area contributed by atoms with Gasteiger partial charge in [0.05, 0.1) is 25.3 Å². The second-order valence-electron chi connectivity index (χ2n) is 9.88. The summed E-state index contributed by atoms with van der Waals surface area (Å²) in [5, 5.41) is 12.3. The number of nitrogens with zero attached hydrogens (tertiary/aromatic N) is 4. The van der Waals surface area contributed by atoms with Crippen LogP contribution in [0.25, 0.3) is 0 Å². The summed E-state index contributed by atoms with van der Waals surface area (Å²) in [4.78, 5) is 21.9. The molecule has 0 spiro atoms. The molecule has 1 aromatic heterocycles. The number of anilines is 1. The van der Waals surface area contributed by atoms with Gasteiger partial charge in [0.25, 0.3) is 0 Å². The van der Waals surface area contributed by atoms with Gasteiger partial charge in [-0.05, 0) is 55.9 Å². The summed E-state index contributed by atoms with van der Waals surface area (Å²) in [5.74, 6) is -0.191. The summed E-state index contributed by atoms with van der Waals surface area (Å²) in [5.41, 5.74) is -0.428. The number of fused-ring (bicyclic) bond motifs is 2. The molecule has 35 heavy (non-hydrogen) atoms. The van der Waals surface area contributed by atoms with E-state index in [9.17, 15) is 9.18 Å². The molecule has 1 aliphatic carbocycles. The lowest BCUT2D eigenvalue weighted by molar-refractivity contribution is -0.132. The Balaban J connectivity index is 1.29. The molecule has 2 bridgehead atoms. The number of hydrogen-bond donors (Lipinski definition) is 1. The SMILES string of the molecule is COc1ccc(F)c(C2(NCC(=O)N3CC4C[C@H](C)C(C3)N4c3ccc(C#N)cn3)CCC2)c1F. The molecule has 7 nitrogen and oxygen atoms in total. The van der Waals surface area contributed by atoms with Crippen LogP contribution < -0.4 is 15.0 Å². The number of methoxy groups -OCH3 is 1. The van der Waals surface area contributed by atoms with Crippen molar-refractivity contribution in [2.24, 2.45) is 5.92 Å². The van der Waals surface area contributed by atoms with E-state index in [4.69, 9.17) is 10.00 Å². The van der Waals surface area contributed by atoms with Crippen molar-refractivity contribution in [3.8, 4) is 11.8 Å². The number of aromatic nitrogens is 1. The van der Waals surface area contributed by atoms with Crippen LogP contribution in [-0.4, -0.2) is 54.6 Å². The van der Waals surface area contributed by atoms with E-state index >= 15 is 4.39 Å². The van der Waals surface area contributed by atoms with E-state index in [2.05, 4.69) is 28.2 Å². The molecular weight excluding hydrogens is 452 g/mol. The third kappa shape index (κ3) is 4.00. The maximum Gasteiger partial charge on any atom is 0.236 e. The van der Waals surface area contributed by atoms with E-state index in [-0.39, 0.29) is 35.8 Å². The first-order valence-corrected chi connectivity index (χ1v) is 12.1. The lowest BCUT2D eigenvalue weighted by Crippen LogP contribution is -2.59. The van der Waals surface area contributed by atoms with E-state index in [0.717, 1.165) is 18.7 Å². The Hall–Kier alpha value is -3.25. The molecule has 1 amide bonds. The number of nitriles is 1. The van der Waals surface area contributed by atoms with Gasteiger partial charge in [-0.25, -0.2) is 13.8 Å². The molecule has 5 rings (SSSR count). The Morgan fingerprint density at radius 3 is 2.69 bits per heavy atom. The van der Waals surface area contributed by atoms with Crippen molar-refractivity contribution in [3.05, 3.63) is 53.2 Å². The maximum atomic E-state index is 15.0. The fourth-order valence-electron chi connectivity index (χ4n) is 5.93. The molecular formula is C26H29F2N5O2. The van der Waals surface area contributed by atoms with Crippen molar-refractivity contribution in [2.75, 3.05) is 31.6 Å². The van der Waals surface area contributed by atoms with Crippen LogP contribution in [0.2, 0.25) is 0 Å². The van der Waals surface area contributed by atoms with Gasteiger partial charge in [0, 0.05) is 36.4 Å². The monoisotopic (exact) mass is 481 g/mol. The second kappa shape index (κ2) is 9.08. The average Bonchev–Trinajstić information content (AvgIpc) is 3.03. The van der Waals surface area contributed by atoms with Crippen LogP contribution in [-0.2, 0) is 10.3 Å². The van der Waals surface area contributed by atoms with E-state index in [0.29, 0.717) is 37.4 Å². The number of amides is 1. The second-order valence-corrected chi connectivity index (χ2v) is 9.88. The summed E-state index contributed by atoms with van der Waals surface area (Å²) < 4.78 is 34.8. The van der Waals surface area contributed by atoms with Crippen LogP contribution in [0.1, 0.15) is 43.7 Å². The van der Waals surface area contributed by atoms with Gasteiger partial charge in [0.2, 0.25) is 5.91 Å². The molecule has 3 atom stereocenters. The predicted molar refractivity (Wildman–Crippen MR) is 126 cm³/mol. The number of pyridine rings is 1. The highest BCUT2D eigenvalue weighted by molar-refractivity contribution is 5.79. The largest absolute Gasteiger partial charge is 0.494 e. The molecule has 0 radical (unpaired) electrons. The van der Waals surface area contributed by atoms with E-state index in [1.54, 1.807) is 12.3 Å². The summed E-state index contributed by atoms with van der Waals surface area (Å²) in [6.45, 7) is 3.33. The Labute approximate surface area is 203 Å². The van der Waals surface area contributed by atoms with Crippen molar-refractivity contribution >= 4 is 11.7 Å². The third-order valence-corrected chi connectivity index (χ3v) is 7.92. The quantitative estimate of drug-likeness (QED) is 0.682. The van der Waals surface area contributed by atoms with Gasteiger partial charge < -0.3 is 14.5 Å². The fourth-order valence-corrected chi connectivity index (χ4v) is 5.93. The Kier molecular flexibility index (Phi) is 6.09. The van der Waals surface area contributed by atoms with Gasteiger partial charge in [-0.15, -0.1) is 0 Å². The van der Waals surface area contributed by atoms with Crippen LogP contribution >= 0.6 is 0 Å². The summed E-state index contributed by atoms with van der Waals surface area (Å²) in [6.07, 6.45) is 4.47. The van der Waals surface area contributed by atoms with Crippen LogP contribution in [0.4, 0.5) is 14.6 Å². The number of piperazine rings is 1. The van der Waals surface area contributed by atoms with E-state index in [1.165, 1.54) is 19.2 Å². The van der Waals surface area contributed by atoms with Crippen molar-refractivity contribution in [3.63, 3.8) is 0 Å². The smallest absolute Gasteiger partial charge is 0.236 e. The van der Waals surface area contributed by atoms with Crippen LogP contribution in [0, 0.1) is 28.9 Å². The zero-order valence-electron chi connectivity index (χ0n) is 19.9. The zero-order valence-corrected chi connectivity index (χ0v) is 19.9. The number of benzene rings is 1. The molecule has 9 heteroatoms. The molecule has 2 saturated heterocycles. The fraction of sp³-hybridized carbons (Fsp3) is 0.500. The lowest BCUT2D eigenvalue weighted by Gasteiger charge is -2.45. The van der Waals surface area contributed by atoms with Crippen molar-refractivity contribution in [1.29, 1.82) is 5.26 Å². The molecule has 1 aromatic carbocycles. The van der Waals surface area contributed by atoms with Gasteiger partial charge in [0.1, 0.15) is 17.7 Å². The Morgan fingerprint density at radius 2 is 2.09 bits per heavy atom. The lowest BCUT2D eigenvalue weighted by atomic mass is 9.71. The first-order chi connectivity index (χ1) is 16.9. The number of carbonyl (C=O) groups is 1. The summed E-state index contributed by atoms with van der Waals surface area (Å²) in [7, 11) is 1.35. The van der Waals surface area contributed by atoms with Crippen molar-refractivity contribution in [1.82, 2.24) is 15.2 Å². The number of ether oxygens (including phenoxy) is 1. The normalized spacial score (nSPS) is 24.6. The van der Waals surface area contributed by atoms with Gasteiger partial charge in [0.15, 0.2) is 11.6 Å². The number of carbonyl (C=O) groups excluding carboxylic acids is 1. The minimum absolute atomic E-state index is 0.00102. The number of nitrogens with one attached hydrogen (secondary N) is 1. The highest BCUT2D eigenvalue weighted by Crippen LogP contribution is 2.45. The number of halogens is 2. The van der Waals surface area contributed by atoms with Gasteiger partial charge >= 0.3 is 0 Å². The summed E-state index contributed by atoms with van der Waals surface area (Å²) >= 11 is 0. The molecule has 1 saturated carbocycles. The van der Waals surface area contributed by atoms with Crippen LogP contribution in [0.5, 0.6) is 5.75 Å². The van der Waals surface area contributed by atoms with Crippen molar-refractivity contribution < 1.29 is 18.3 Å². The van der Waals surface area contributed by atoms with E-state index in [1.807, 2.05) is 11.0 Å². The first-order valence-electron chi connectivity index (χ1n) is 12.1. The Bertz CT molecular complexity index is 1160.